The number of halogens is 3. The average Bonchev–Trinajstić information content (AvgIpc) is 3.04. The number of rotatable bonds is 6. The second-order valence-corrected chi connectivity index (χ2v) is 7.46. The summed E-state index contributed by atoms with van der Waals surface area (Å²) in [6.07, 6.45) is -4.82. The van der Waals surface area contributed by atoms with Gasteiger partial charge in [-0.3, -0.25) is 9.59 Å². The maximum atomic E-state index is 13.4. The van der Waals surface area contributed by atoms with Crippen molar-refractivity contribution in [2.75, 3.05) is 17.3 Å². The first-order valence-electron chi connectivity index (χ1n) is 10.1. The fourth-order valence-electron chi connectivity index (χ4n) is 3.48. The Labute approximate surface area is 193 Å². The number of nitrogens with one attached hydrogen (secondary N) is 1. The highest BCUT2D eigenvalue weighted by molar-refractivity contribution is 6.46. The summed E-state index contributed by atoms with van der Waals surface area (Å²) in [5.41, 5.74) is 2.32. The van der Waals surface area contributed by atoms with Crippen LogP contribution in [0.25, 0.3) is 5.57 Å². The smallest absolute Gasteiger partial charge is 0.497 e. The highest BCUT2D eigenvalue weighted by Gasteiger charge is 2.40. The molecule has 0 aliphatic carbocycles. The van der Waals surface area contributed by atoms with Gasteiger partial charge < -0.3 is 14.8 Å². The van der Waals surface area contributed by atoms with Gasteiger partial charge >= 0.3 is 6.36 Å². The van der Waals surface area contributed by atoms with Crippen LogP contribution in [0.5, 0.6) is 11.5 Å². The van der Waals surface area contributed by atoms with Gasteiger partial charge in [-0.05, 0) is 61.0 Å². The molecule has 0 bridgehead atoms. The van der Waals surface area contributed by atoms with Crippen LogP contribution in [0.1, 0.15) is 11.1 Å². The van der Waals surface area contributed by atoms with Crippen LogP contribution in [0.15, 0.2) is 78.5 Å². The summed E-state index contributed by atoms with van der Waals surface area (Å²) in [5, 5.41) is 2.90. The molecule has 0 saturated heterocycles. The van der Waals surface area contributed by atoms with E-state index in [4.69, 9.17) is 4.74 Å². The number of alkyl halides is 3. The molecule has 9 heteroatoms. The zero-order valence-corrected chi connectivity index (χ0v) is 18.1. The number of carbonyl (C=O) groups is 2. The lowest BCUT2D eigenvalue weighted by atomic mass is 10.0. The molecule has 3 aromatic rings. The maximum Gasteiger partial charge on any atom is 0.573 e. The van der Waals surface area contributed by atoms with E-state index in [1.807, 2.05) is 19.1 Å². The number of anilines is 2. The van der Waals surface area contributed by atoms with Crippen molar-refractivity contribution in [3.05, 3.63) is 89.6 Å². The van der Waals surface area contributed by atoms with Gasteiger partial charge in [0.1, 0.15) is 17.2 Å². The normalized spacial score (nSPS) is 14.0. The van der Waals surface area contributed by atoms with E-state index in [-0.39, 0.29) is 11.3 Å². The Hall–Kier alpha value is -4.27. The van der Waals surface area contributed by atoms with Gasteiger partial charge in [-0.1, -0.05) is 29.8 Å². The Balaban J connectivity index is 1.71. The third-order valence-electron chi connectivity index (χ3n) is 5.11. The SMILES string of the molecule is COc1ccc(N2C(=O)C(Nc3ccc(OC(F)(F)F)cc3)=C(c3ccc(C)cc3)C2=O)cc1. The summed E-state index contributed by atoms with van der Waals surface area (Å²) < 4.78 is 46.3. The Bertz CT molecular complexity index is 1250. The molecule has 0 unspecified atom stereocenters. The van der Waals surface area contributed by atoms with E-state index in [1.165, 1.54) is 19.2 Å². The van der Waals surface area contributed by atoms with E-state index in [9.17, 15) is 22.8 Å². The Morgan fingerprint density at radius 1 is 0.794 bits per heavy atom. The van der Waals surface area contributed by atoms with E-state index in [0.29, 0.717) is 22.7 Å². The maximum absolute atomic E-state index is 13.4. The summed E-state index contributed by atoms with van der Waals surface area (Å²) in [6.45, 7) is 1.90. The standard InChI is InChI=1S/C25H19F3N2O4/c1-15-3-5-16(6-4-15)21-22(29-17-7-11-20(12-8-17)34-25(26,27)28)24(32)30(23(21)31)18-9-13-19(33-2)14-10-18/h3-14,29H,1-2H3. The Morgan fingerprint density at radius 3 is 1.94 bits per heavy atom. The number of nitrogens with zero attached hydrogens (tertiary/aromatic N) is 1. The van der Waals surface area contributed by atoms with Gasteiger partial charge in [0.05, 0.1) is 18.4 Å². The van der Waals surface area contributed by atoms with Gasteiger partial charge in [0.25, 0.3) is 11.8 Å². The second-order valence-electron chi connectivity index (χ2n) is 7.46. The highest BCUT2D eigenvalue weighted by atomic mass is 19.4. The number of carbonyl (C=O) groups excluding carboxylic acids is 2. The van der Waals surface area contributed by atoms with E-state index >= 15 is 0 Å². The molecule has 0 atom stereocenters. The monoisotopic (exact) mass is 468 g/mol. The molecule has 6 nitrogen and oxygen atoms in total. The summed E-state index contributed by atoms with van der Waals surface area (Å²) in [4.78, 5) is 27.8. The molecule has 0 fully saturated rings. The first-order chi connectivity index (χ1) is 16.2. The minimum atomic E-state index is -4.82. The zero-order chi connectivity index (χ0) is 24.5. The van der Waals surface area contributed by atoms with Crippen LogP contribution < -0.4 is 19.7 Å². The Kier molecular flexibility index (Phi) is 6.02. The highest BCUT2D eigenvalue weighted by Crippen LogP contribution is 2.35. The molecule has 174 valence electrons. The van der Waals surface area contributed by atoms with Crippen LogP contribution in [0.3, 0.4) is 0 Å². The molecule has 1 aliphatic rings. The van der Waals surface area contributed by atoms with E-state index in [0.717, 1.165) is 22.6 Å². The van der Waals surface area contributed by atoms with Crippen molar-refractivity contribution in [3.8, 4) is 11.5 Å². The summed E-state index contributed by atoms with van der Waals surface area (Å²) in [5.74, 6) is -0.964. The third-order valence-corrected chi connectivity index (χ3v) is 5.11. The van der Waals surface area contributed by atoms with Crippen molar-refractivity contribution in [2.45, 2.75) is 13.3 Å². The number of amides is 2. The van der Waals surface area contributed by atoms with E-state index in [2.05, 4.69) is 10.1 Å². The molecule has 2 amide bonds. The summed E-state index contributed by atoms with van der Waals surface area (Å²) >= 11 is 0. The van der Waals surface area contributed by atoms with Crippen LogP contribution in [0, 0.1) is 6.92 Å². The van der Waals surface area contributed by atoms with E-state index in [1.54, 1.807) is 36.4 Å². The molecular formula is C25H19F3N2O4. The number of benzene rings is 3. The van der Waals surface area contributed by atoms with Crippen LogP contribution in [-0.4, -0.2) is 25.3 Å². The minimum Gasteiger partial charge on any atom is -0.497 e. The molecule has 0 radical (unpaired) electrons. The molecular weight excluding hydrogens is 449 g/mol. The summed E-state index contributed by atoms with van der Waals surface area (Å²) in [6, 6.07) is 18.4. The van der Waals surface area contributed by atoms with Crippen molar-refractivity contribution in [3.63, 3.8) is 0 Å². The van der Waals surface area contributed by atoms with Crippen molar-refractivity contribution >= 4 is 28.8 Å². The van der Waals surface area contributed by atoms with Crippen molar-refractivity contribution in [2.24, 2.45) is 0 Å². The fourth-order valence-corrected chi connectivity index (χ4v) is 3.48. The molecule has 1 N–H and O–H groups in total. The fraction of sp³-hybridized carbons (Fsp3) is 0.120. The van der Waals surface area contributed by atoms with Crippen molar-refractivity contribution in [1.82, 2.24) is 0 Å². The quantitative estimate of drug-likeness (QED) is 0.498. The molecule has 34 heavy (non-hydrogen) atoms. The molecule has 0 aromatic heterocycles. The number of methoxy groups -OCH3 is 1. The third kappa shape index (κ3) is 4.73. The van der Waals surface area contributed by atoms with Gasteiger partial charge in [-0.25, -0.2) is 4.90 Å². The number of aryl methyl sites for hydroxylation is 1. The molecule has 0 saturated carbocycles. The molecule has 1 aliphatic heterocycles. The minimum absolute atomic E-state index is 0.00848. The second kappa shape index (κ2) is 8.93. The van der Waals surface area contributed by atoms with Crippen LogP contribution in [0.2, 0.25) is 0 Å². The topological polar surface area (TPSA) is 67.9 Å². The molecule has 4 rings (SSSR count). The van der Waals surface area contributed by atoms with Crippen LogP contribution in [0.4, 0.5) is 24.5 Å². The lowest BCUT2D eigenvalue weighted by Gasteiger charge is -2.16. The average molecular weight is 468 g/mol. The lowest BCUT2D eigenvalue weighted by Crippen LogP contribution is -2.32. The molecule has 1 heterocycles. The van der Waals surface area contributed by atoms with Crippen LogP contribution >= 0.6 is 0 Å². The largest absolute Gasteiger partial charge is 0.573 e. The number of ether oxygens (including phenoxy) is 2. The first kappa shape index (κ1) is 22.9. The van der Waals surface area contributed by atoms with E-state index < -0.39 is 23.9 Å². The van der Waals surface area contributed by atoms with Crippen LogP contribution in [-0.2, 0) is 9.59 Å². The zero-order valence-electron chi connectivity index (χ0n) is 18.1. The lowest BCUT2D eigenvalue weighted by molar-refractivity contribution is -0.274. The van der Waals surface area contributed by atoms with Gasteiger partial charge in [0.2, 0.25) is 0 Å². The van der Waals surface area contributed by atoms with Gasteiger partial charge in [0.15, 0.2) is 0 Å². The van der Waals surface area contributed by atoms with Gasteiger partial charge in [-0.15, -0.1) is 13.2 Å². The summed E-state index contributed by atoms with van der Waals surface area (Å²) in [7, 11) is 1.51. The van der Waals surface area contributed by atoms with Crippen molar-refractivity contribution < 1.29 is 32.2 Å². The number of hydrogen-bond acceptors (Lipinski definition) is 5. The predicted octanol–water partition coefficient (Wildman–Crippen LogP) is 5.30. The first-order valence-corrected chi connectivity index (χ1v) is 10.1. The predicted molar refractivity (Wildman–Crippen MR) is 120 cm³/mol. The Morgan fingerprint density at radius 2 is 1.38 bits per heavy atom. The molecule has 0 spiro atoms. The van der Waals surface area contributed by atoms with Crippen molar-refractivity contribution in [1.29, 1.82) is 0 Å². The van der Waals surface area contributed by atoms with Gasteiger partial charge in [0, 0.05) is 5.69 Å². The number of imide groups is 1. The molecule has 3 aromatic carbocycles. The number of hydrogen-bond donors (Lipinski definition) is 1. The van der Waals surface area contributed by atoms with Gasteiger partial charge in [-0.2, -0.15) is 0 Å².